The number of nitrogens with one attached hydrogen (secondary N) is 1. The van der Waals surface area contributed by atoms with E-state index in [2.05, 4.69) is 5.32 Å². The lowest BCUT2D eigenvalue weighted by molar-refractivity contribution is -0.146. The van der Waals surface area contributed by atoms with Crippen molar-refractivity contribution in [3.05, 3.63) is 0 Å². The predicted octanol–water partition coefficient (Wildman–Crippen LogP) is 1.71. The summed E-state index contributed by atoms with van der Waals surface area (Å²) in [5, 5.41) is 2.82. The Morgan fingerprint density at radius 2 is 2.00 bits per heavy atom. The average Bonchev–Trinajstić information content (AvgIpc) is 2.50. The third-order valence-electron chi connectivity index (χ3n) is 4.71. The van der Waals surface area contributed by atoms with Gasteiger partial charge in [0.15, 0.2) is 0 Å². The third kappa shape index (κ3) is 4.43. The van der Waals surface area contributed by atoms with Crippen molar-refractivity contribution in [3.8, 4) is 0 Å². The molecule has 2 unspecified atom stereocenters. The Morgan fingerprint density at radius 3 is 2.67 bits per heavy atom. The molecule has 0 bridgehead atoms. The molecule has 1 saturated heterocycles. The van der Waals surface area contributed by atoms with E-state index in [1.54, 1.807) is 4.90 Å². The van der Waals surface area contributed by atoms with Gasteiger partial charge in [0.05, 0.1) is 19.3 Å². The largest absolute Gasteiger partial charge is 0.376 e. The second kappa shape index (κ2) is 7.78. The zero-order valence-corrected chi connectivity index (χ0v) is 13.3. The van der Waals surface area contributed by atoms with Crippen LogP contribution in [-0.4, -0.2) is 48.6 Å². The Morgan fingerprint density at radius 1 is 1.29 bits per heavy atom. The Labute approximate surface area is 127 Å². The van der Waals surface area contributed by atoms with Gasteiger partial charge in [0.1, 0.15) is 6.04 Å². The van der Waals surface area contributed by atoms with Crippen LogP contribution in [0.3, 0.4) is 0 Å². The third-order valence-corrected chi connectivity index (χ3v) is 4.71. The van der Waals surface area contributed by atoms with Crippen LogP contribution < -0.4 is 5.32 Å². The van der Waals surface area contributed by atoms with Crippen molar-refractivity contribution in [2.45, 2.75) is 64.5 Å². The zero-order chi connectivity index (χ0) is 15.2. The van der Waals surface area contributed by atoms with Gasteiger partial charge in [0.25, 0.3) is 0 Å². The maximum absolute atomic E-state index is 12.4. The Hall–Kier alpha value is -1.10. The van der Waals surface area contributed by atoms with Crippen molar-refractivity contribution in [1.29, 1.82) is 0 Å². The number of piperazine rings is 1. The summed E-state index contributed by atoms with van der Waals surface area (Å²) in [6, 6.07) is -0.370. The fraction of sp³-hybridized carbons (Fsp3) is 0.875. The molecule has 1 heterocycles. The molecule has 0 radical (unpaired) electrons. The summed E-state index contributed by atoms with van der Waals surface area (Å²) in [6.07, 6.45) is 7.27. The molecule has 5 heteroatoms. The van der Waals surface area contributed by atoms with Crippen LogP contribution in [0.2, 0.25) is 0 Å². The van der Waals surface area contributed by atoms with Crippen molar-refractivity contribution in [2.24, 2.45) is 5.92 Å². The molecule has 1 saturated carbocycles. The molecule has 2 rings (SSSR count). The number of amides is 2. The number of carbonyl (C=O) groups is 2. The van der Waals surface area contributed by atoms with E-state index in [9.17, 15) is 9.59 Å². The van der Waals surface area contributed by atoms with Crippen LogP contribution in [-0.2, 0) is 14.3 Å². The first-order valence-electron chi connectivity index (χ1n) is 8.31. The van der Waals surface area contributed by atoms with Gasteiger partial charge in [-0.3, -0.25) is 9.59 Å². The van der Waals surface area contributed by atoms with Crippen LogP contribution in [0, 0.1) is 5.92 Å². The molecule has 0 aromatic carbocycles. The summed E-state index contributed by atoms with van der Waals surface area (Å²) in [6.45, 7) is 5.27. The van der Waals surface area contributed by atoms with E-state index in [1.807, 2.05) is 13.8 Å². The van der Waals surface area contributed by atoms with Gasteiger partial charge in [-0.25, -0.2) is 0 Å². The highest BCUT2D eigenvalue weighted by Gasteiger charge is 2.35. The second-order valence-electron chi connectivity index (χ2n) is 6.32. The summed E-state index contributed by atoms with van der Waals surface area (Å²) < 4.78 is 5.87. The molecule has 2 atom stereocenters. The minimum absolute atomic E-state index is 0.0381. The van der Waals surface area contributed by atoms with Crippen LogP contribution >= 0.6 is 0 Å². The first kappa shape index (κ1) is 16.3. The smallest absolute Gasteiger partial charge is 0.245 e. The normalized spacial score (nSPS) is 25.8. The first-order chi connectivity index (χ1) is 10.1. The van der Waals surface area contributed by atoms with E-state index in [0.29, 0.717) is 19.3 Å². The van der Waals surface area contributed by atoms with Gasteiger partial charge < -0.3 is 15.0 Å². The van der Waals surface area contributed by atoms with Crippen LogP contribution in [0.25, 0.3) is 0 Å². The molecule has 2 amide bonds. The standard InChI is InChI=1S/C16H28N2O3/c1-3-12(2)15-16(20)18(11-14(19)17-15)9-10-21-13-7-5-4-6-8-13/h12-13,15H,3-11H2,1-2H3,(H,17,19). The minimum Gasteiger partial charge on any atom is -0.376 e. The van der Waals surface area contributed by atoms with Crippen molar-refractivity contribution in [1.82, 2.24) is 10.2 Å². The maximum atomic E-state index is 12.4. The number of hydrogen-bond donors (Lipinski definition) is 1. The molecule has 5 nitrogen and oxygen atoms in total. The molecule has 0 aromatic heterocycles. The van der Waals surface area contributed by atoms with Gasteiger partial charge >= 0.3 is 0 Å². The number of nitrogens with zero attached hydrogens (tertiary/aromatic N) is 1. The highest BCUT2D eigenvalue weighted by Crippen LogP contribution is 2.20. The maximum Gasteiger partial charge on any atom is 0.245 e. The highest BCUT2D eigenvalue weighted by atomic mass is 16.5. The van der Waals surface area contributed by atoms with E-state index in [-0.39, 0.29) is 30.3 Å². The van der Waals surface area contributed by atoms with Crippen LogP contribution in [0.4, 0.5) is 0 Å². The fourth-order valence-electron chi connectivity index (χ4n) is 3.10. The van der Waals surface area contributed by atoms with Gasteiger partial charge in [0.2, 0.25) is 11.8 Å². The van der Waals surface area contributed by atoms with Gasteiger partial charge in [-0.1, -0.05) is 39.5 Å². The lowest BCUT2D eigenvalue weighted by atomic mass is 9.96. The molecule has 2 aliphatic rings. The average molecular weight is 296 g/mol. The Bertz CT molecular complexity index is 367. The molecule has 1 N–H and O–H groups in total. The minimum atomic E-state index is -0.370. The van der Waals surface area contributed by atoms with Crippen LogP contribution in [0.15, 0.2) is 0 Å². The van der Waals surface area contributed by atoms with Crippen molar-refractivity contribution < 1.29 is 14.3 Å². The first-order valence-corrected chi connectivity index (χ1v) is 8.31. The van der Waals surface area contributed by atoms with E-state index in [1.165, 1.54) is 19.3 Å². The number of ether oxygens (including phenoxy) is 1. The molecular formula is C16H28N2O3. The van der Waals surface area contributed by atoms with E-state index in [4.69, 9.17) is 4.74 Å². The summed E-state index contributed by atoms with van der Waals surface area (Å²) in [4.78, 5) is 25.8. The van der Waals surface area contributed by atoms with Gasteiger partial charge in [-0.05, 0) is 18.8 Å². The Kier molecular flexibility index (Phi) is 6.03. The number of hydrogen-bond acceptors (Lipinski definition) is 3. The molecule has 1 aliphatic carbocycles. The summed E-state index contributed by atoms with van der Waals surface area (Å²) in [7, 11) is 0. The summed E-state index contributed by atoms with van der Waals surface area (Å²) in [5.41, 5.74) is 0. The summed E-state index contributed by atoms with van der Waals surface area (Å²) in [5.74, 6) is 0.150. The molecule has 2 fully saturated rings. The number of carbonyl (C=O) groups excluding carboxylic acids is 2. The number of rotatable bonds is 6. The lowest BCUT2D eigenvalue weighted by Gasteiger charge is -2.35. The van der Waals surface area contributed by atoms with Gasteiger partial charge in [-0.15, -0.1) is 0 Å². The van der Waals surface area contributed by atoms with Crippen molar-refractivity contribution >= 4 is 11.8 Å². The quantitative estimate of drug-likeness (QED) is 0.812. The van der Waals surface area contributed by atoms with Crippen LogP contribution in [0.1, 0.15) is 52.4 Å². The molecule has 0 aromatic rings. The monoisotopic (exact) mass is 296 g/mol. The molecular weight excluding hydrogens is 268 g/mol. The Balaban J connectivity index is 1.80. The topological polar surface area (TPSA) is 58.6 Å². The fourth-order valence-corrected chi connectivity index (χ4v) is 3.10. The SMILES string of the molecule is CCC(C)C1NC(=O)CN(CCOC2CCCCC2)C1=O. The van der Waals surface area contributed by atoms with E-state index < -0.39 is 0 Å². The highest BCUT2D eigenvalue weighted by molar-refractivity contribution is 5.95. The van der Waals surface area contributed by atoms with Crippen LogP contribution in [0.5, 0.6) is 0 Å². The zero-order valence-electron chi connectivity index (χ0n) is 13.3. The van der Waals surface area contributed by atoms with Crippen molar-refractivity contribution in [2.75, 3.05) is 19.7 Å². The van der Waals surface area contributed by atoms with Gasteiger partial charge in [-0.2, -0.15) is 0 Å². The predicted molar refractivity (Wildman–Crippen MR) is 80.8 cm³/mol. The second-order valence-corrected chi connectivity index (χ2v) is 6.32. The molecule has 0 spiro atoms. The summed E-state index contributed by atoms with van der Waals surface area (Å²) >= 11 is 0. The van der Waals surface area contributed by atoms with Crippen molar-refractivity contribution in [3.63, 3.8) is 0 Å². The van der Waals surface area contributed by atoms with E-state index in [0.717, 1.165) is 19.3 Å². The molecule has 1 aliphatic heterocycles. The molecule has 21 heavy (non-hydrogen) atoms. The lowest BCUT2D eigenvalue weighted by Crippen LogP contribution is -2.60. The van der Waals surface area contributed by atoms with Gasteiger partial charge in [0, 0.05) is 6.54 Å². The van der Waals surface area contributed by atoms with E-state index >= 15 is 0 Å². The molecule has 120 valence electrons.